The molecule has 0 aliphatic carbocycles. The molecule has 0 saturated carbocycles. The molecule has 2 saturated heterocycles. The van der Waals surface area contributed by atoms with Crippen molar-refractivity contribution in [2.24, 2.45) is 5.92 Å². The number of hydrogen-bond donors (Lipinski definition) is 1. The molecule has 2 unspecified atom stereocenters. The quantitative estimate of drug-likeness (QED) is 0.716. The molecule has 1 N–H and O–H groups in total. The van der Waals surface area contributed by atoms with Gasteiger partial charge >= 0.3 is 5.97 Å². The van der Waals surface area contributed by atoms with Crippen molar-refractivity contribution in [3.63, 3.8) is 0 Å². The molecule has 16 heavy (non-hydrogen) atoms. The Morgan fingerprint density at radius 3 is 2.81 bits per heavy atom. The Balaban J connectivity index is 1.73. The zero-order valence-electron chi connectivity index (χ0n) is 10.1. The number of ether oxygens (including phenoxy) is 1. The standard InChI is InChI=1S/C12H22N2O2/c1-16-12(15)11-7-10(8-13-11)9-14-5-3-2-4-6-14/h10-11,13H,2-9H2,1H3. The molecule has 4 heteroatoms. The summed E-state index contributed by atoms with van der Waals surface area (Å²) in [4.78, 5) is 13.9. The first-order chi connectivity index (χ1) is 7.79. The number of esters is 1. The highest BCUT2D eigenvalue weighted by molar-refractivity contribution is 5.76. The van der Waals surface area contributed by atoms with Gasteiger partial charge in [0, 0.05) is 13.1 Å². The van der Waals surface area contributed by atoms with E-state index in [0.717, 1.165) is 19.5 Å². The number of carbonyl (C=O) groups is 1. The summed E-state index contributed by atoms with van der Waals surface area (Å²) in [6.07, 6.45) is 4.98. The lowest BCUT2D eigenvalue weighted by Crippen LogP contribution is -2.34. The van der Waals surface area contributed by atoms with Crippen LogP contribution in [-0.2, 0) is 9.53 Å². The highest BCUT2D eigenvalue weighted by Crippen LogP contribution is 2.18. The molecule has 2 heterocycles. The SMILES string of the molecule is COC(=O)C1CC(CN2CCCCC2)CN1. The van der Waals surface area contributed by atoms with Crippen LogP contribution in [0.5, 0.6) is 0 Å². The molecule has 0 aromatic carbocycles. The molecule has 92 valence electrons. The molecule has 0 aromatic rings. The van der Waals surface area contributed by atoms with E-state index in [2.05, 4.69) is 10.2 Å². The van der Waals surface area contributed by atoms with Gasteiger partial charge in [0.05, 0.1) is 7.11 Å². The van der Waals surface area contributed by atoms with E-state index in [1.54, 1.807) is 0 Å². The van der Waals surface area contributed by atoms with Crippen LogP contribution in [0.4, 0.5) is 0 Å². The predicted octanol–water partition coefficient (Wildman–Crippen LogP) is 0.623. The van der Waals surface area contributed by atoms with E-state index in [1.165, 1.54) is 39.5 Å². The van der Waals surface area contributed by atoms with Crippen LogP contribution in [0.2, 0.25) is 0 Å². The van der Waals surface area contributed by atoms with Gasteiger partial charge < -0.3 is 15.0 Å². The second kappa shape index (κ2) is 5.64. The van der Waals surface area contributed by atoms with Crippen LogP contribution in [-0.4, -0.2) is 50.2 Å². The Hall–Kier alpha value is -0.610. The van der Waals surface area contributed by atoms with Crippen molar-refractivity contribution in [3.8, 4) is 0 Å². The van der Waals surface area contributed by atoms with Gasteiger partial charge in [0.25, 0.3) is 0 Å². The van der Waals surface area contributed by atoms with Crippen LogP contribution in [0.15, 0.2) is 0 Å². The van der Waals surface area contributed by atoms with Crippen molar-refractivity contribution in [1.82, 2.24) is 10.2 Å². The van der Waals surface area contributed by atoms with Gasteiger partial charge in [-0.2, -0.15) is 0 Å². The van der Waals surface area contributed by atoms with Crippen molar-refractivity contribution in [1.29, 1.82) is 0 Å². The van der Waals surface area contributed by atoms with E-state index in [9.17, 15) is 4.79 Å². The monoisotopic (exact) mass is 226 g/mol. The Labute approximate surface area is 97.3 Å². The topological polar surface area (TPSA) is 41.6 Å². The van der Waals surface area contributed by atoms with Crippen molar-refractivity contribution < 1.29 is 9.53 Å². The van der Waals surface area contributed by atoms with E-state index < -0.39 is 0 Å². The molecule has 0 spiro atoms. The van der Waals surface area contributed by atoms with Crippen molar-refractivity contribution in [2.75, 3.05) is 33.3 Å². The summed E-state index contributed by atoms with van der Waals surface area (Å²) >= 11 is 0. The largest absolute Gasteiger partial charge is 0.468 e. The van der Waals surface area contributed by atoms with Crippen molar-refractivity contribution in [2.45, 2.75) is 31.7 Å². The maximum absolute atomic E-state index is 11.4. The first-order valence-electron chi connectivity index (χ1n) is 6.33. The molecule has 0 amide bonds. The van der Waals surface area contributed by atoms with Gasteiger partial charge in [0.1, 0.15) is 6.04 Å². The molecular formula is C12H22N2O2. The Morgan fingerprint density at radius 1 is 1.38 bits per heavy atom. The van der Waals surface area contributed by atoms with Crippen molar-refractivity contribution in [3.05, 3.63) is 0 Å². The summed E-state index contributed by atoms with van der Waals surface area (Å²) in [5, 5.41) is 3.25. The van der Waals surface area contributed by atoms with Gasteiger partial charge in [-0.25, -0.2) is 0 Å². The van der Waals surface area contributed by atoms with Crippen LogP contribution >= 0.6 is 0 Å². The predicted molar refractivity (Wildman–Crippen MR) is 62.2 cm³/mol. The van der Waals surface area contributed by atoms with Gasteiger partial charge in [0.2, 0.25) is 0 Å². The lowest BCUT2D eigenvalue weighted by atomic mass is 10.0. The molecule has 2 atom stereocenters. The molecule has 2 aliphatic heterocycles. The first kappa shape index (κ1) is 11.9. The van der Waals surface area contributed by atoms with E-state index in [1.807, 2.05) is 0 Å². The van der Waals surface area contributed by atoms with E-state index >= 15 is 0 Å². The number of rotatable bonds is 3. The molecule has 0 radical (unpaired) electrons. The number of nitrogens with zero attached hydrogens (tertiary/aromatic N) is 1. The summed E-state index contributed by atoms with van der Waals surface area (Å²) in [5.41, 5.74) is 0. The van der Waals surface area contributed by atoms with Crippen LogP contribution in [0.3, 0.4) is 0 Å². The molecule has 2 fully saturated rings. The van der Waals surface area contributed by atoms with Gasteiger partial charge in [-0.3, -0.25) is 4.79 Å². The fraction of sp³-hybridized carbons (Fsp3) is 0.917. The number of nitrogens with one attached hydrogen (secondary N) is 1. The van der Waals surface area contributed by atoms with Gasteiger partial charge in [-0.1, -0.05) is 6.42 Å². The number of carbonyl (C=O) groups excluding carboxylic acids is 1. The second-order valence-electron chi connectivity index (χ2n) is 4.95. The van der Waals surface area contributed by atoms with Crippen LogP contribution < -0.4 is 5.32 Å². The fourth-order valence-electron chi connectivity index (χ4n) is 2.78. The van der Waals surface area contributed by atoms with E-state index in [4.69, 9.17) is 4.74 Å². The summed E-state index contributed by atoms with van der Waals surface area (Å²) in [6, 6.07) is -0.0696. The van der Waals surface area contributed by atoms with E-state index in [0.29, 0.717) is 5.92 Å². The number of hydrogen-bond acceptors (Lipinski definition) is 4. The molecular weight excluding hydrogens is 204 g/mol. The average molecular weight is 226 g/mol. The Bertz CT molecular complexity index is 239. The Kier molecular flexibility index (Phi) is 4.18. The molecule has 4 nitrogen and oxygen atoms in total. The summed E-state index contributed by atoms with van der Waals surface area (Å²) < 4.78 is 4.76. The van der Waals surface area contributed by atoms with Crippen LogP contribution in [0.25, 0.3) is 0 Å². The number of methoxy groups -OCH3 is 1. The van der Waals surface area contributed by atoms with Gasteiger partial charge in [-0.05, 0) is 38.3 Å². The van der Waals surface area contributed by atoms with Gasteiger partial charge in [0.15, 0.2) is 0 Å². The molecule has 2 rings (SSSR count). The minimum absolute atomic E-state index is 0.0696. The maximum Gasteiger partial charge on any atom is 0.322 e. The fourth-order valence-corrected chi connectivity index (χ4v) is 2.78. The smallest absolute Gasteiger partial charge is 0.322 e. The lowest BCUT2D eigenvalue weighted by Gasteiger charge is -2.28. The van der Waals surface area contributed by atoms with Crippen LogP contribution in [0.1, 0.15) is 25.7 Å². The third-order valence-corrected chi connectivity index (χ3v) is 3.67. The lowest BCUT2D eigenvalue weighted by molar-refractivity contribution is -0.142. The first-order valence-corrected chi connectivity index (χ1v) is 6.33. The summed E-state index contributed by atoms with van der Waals surface area (Å²) in [5.74, 6) is 0.503. The molecule has 2 aliphatic rings. The maximum atomic E-state index is 11.4. The number of piperidine rings is 1. The molecule has 0 bridgehead atoms. The van der Waals surface area contributed by atoms with Gasteiger partial charge in [-0.15, -0.1) is 0 Å². The molecule has 0 aromatic heterocycles. The minimum Gasteiger partial charge on any atom is -0.468 e. The zero-order valence-corrected chi connectivity index (χ0v) is 10.1. The summed E-state index contributed by atoms with van der Waals surface area (Å²) in [7, 11) is 1.46. The second-order valence-corrected chi connectivity index (χ2v) is 4.95. The van der Waals surface area contributed by atoms with Crippen molar-refractivity contribution >= 4 is 5.97 Å². The number of likely N-dealkylation sites (tertiary alicyclic amines) is 1. The van der Waals surface area contributed by atoms with E-state index in [-0.39, 0.29) is 12.0 Å². The third kappa shape index (κ3) is 2.95. The highest BCUT2D eigenvalue weighted by atomic mass is 16.5. The van der Waals surface area contributed by atoms with Crippen LogP contribution in [0, 0.1) is 5.92 Å². The average Bonchev–Trinajstić information content (AvgIpc) is 2.78. The minimum atomic E-state index is -0.110. The highest BCUT2D eigenvalue weighted by Gasteiger charge is 2.31. The third-order valence-electron chi connectivity index (χ3n) is 3.67. The zero-order chi connectivity index (χ0) is 11.4. The Morgan fingerprint density at radius 2 is 2.12 bits per heavy atom. The summed E-state index contributed by atoms with van der Waals surface area (Å²) in [6.45, 7) is 4.57. The normalized spacial score (nSPS) is 31.6.